The molecule has 1 nitrogen and oxygen atoms in total. The van der Waals surface area contributed by atoms with E-state index in [9.17, 15) is 4.39 Å². The molecule has 0 amide bonds. The van der Waals surface area contributed by atoms with Gasteiger partial charge in [-0.15, -0.1) is 0 Å². The minimum atomic E-state index is -0.392. The Morgan fingerprint density at radius 3 is 2.41 bits per heavy atom. The molecule has 0 heterocycles. The number of thiocarbonyl (C=S) groups is 1. The van der Waals surface area contributed by atoms with Gasteiger partial charge in [-0.2, -0.15) is 4.99 Å². The molecule has 3 heteroatoms. The second-order valence-corrected chi connectivity index (χ2v) is 9.44. The predicted octanol–water partition coefficient (Wildman–Crippen LogP) is 8.34. The molecule has 5 rings (SSSR count). The minimum Gasteiger partial charge on any atom is -0.205 e. The van der Waals surface area contributed by atoms with Crippen LogP contribution < -0.4 is 0 Å². The Bertz CT molecular complexity index is 1340. The molecule has 0 N–H and O–H groups in total. The number of hydrogen-bond donors (Lipinski definition) is 0. The molecule has 2 aliphatic rings. The number of nitrogens with zero attached hydrogens (tertiary/aromatic N) is 1. The lowest BCUT2D eigenvalue weighted by atomic mass is 9.89. The SMILES string of the molecule is Fc1cc(-c2ccc3c(c2)CCC(C#Cc2ccc(CC4CCCC4)cc2)=C3)ccc1N=C=S. The van der Waals surface area contributed by atoms with Crippen LogP contribution in [0.4, 0.5) is 10.1 Å². The van der Waals surface area contributed by atoms with Gasteiger partial charge in [-0.3, -0.25) is 0 Å². The molecule has 0 aromatic heterocycles. The van der Waals surface area contributed by atoms with Crippen molar-refractivity contribution in [2.24, 2.45) is 10.9 Å². The van der Waals surface area contributed by atoms with E-state index in [0.29, 0.717) is 0 Å². The van der Waals surface area contributed by atoms with Crippen molar-refractivity contribution >= 4 is 29.1 Å². The molecule has 34 heavy (non-hydrogen) atoms. The van der Waals surface area contributed by atoms with Gasteiger partial charge in [0.25, 0.3) is 0 Å². The zero-order valence-corrected chi connectivity index (χ0v) is 19.9. The quantitative estimate of drug-likeness (QED) is 0.215. The monoisotopic (exact) mass is 463 g/mol. The average Bonchev–Trinajstić information content (AvgIpc) is 3.38. The standard InChI is InChI=1S/C31H26FNS/c32-30-20-29(15-16-31(30)33-21-34)28-14-13-26-18-25(11-12-27(26)19-28)10-7-22-5-8-24(9-6-22)17-23-3-1-2-4-23/h5-6,8-9,13-16,18-20,23H,1-4,11-12,17H2. The number of aryl methyl sites for hydroxylation is 1. The maximum atomic E-state index is 14.2. The number of allylic oxidation sites excluding steroid dienone is 1. The highest BCUT2D eigenvalue weighted by Crippen LogP contribution is 2.31. The van der Waals surface area contributed by atoms with E-state index in [0.717, 1.165) is 41.0 Å². The molecule has 3 aromatic carbocycles. The van der Waals surface area contributed by atoms with Crippen molar-refractivity contribution in [3.8, 4) is 23.0 Å². The summed E-state index contributed by atoms with van der Waals surface area (Å²) in [5.41, 5.74) is 8.15. The molecular formula is C31H26FNS. The van der Waals surface area contributed by atoms with Crippen molar-refractivity contribution in [2.75, 3.05) is 0 Å². The summed E-state index contributed by atoms with van der Waals surface area (Å²) in [6.45, 7) is 0. The molecule has 0 aliphatic heterocycles. The van der Waals surface area contributed by atoms with E-state index >= 15 is 0 Å². The van der Waals surface area contributed by atoms with Gasteiger partial charge in [0.05, 0.1) is 5.16 Å². The van der Waals surface area contributed by atoms with E-state index in [-0.39, 0.29) is 5.69 Å². The smallest absolute Gasteiger partial charge is 0.150 e. The van der Waals surface area contributed by atoms with Crippen molar-refractivity contribution < 1.29 is 4.39 Å². The van der Waals surface area contributed by atoms with E-state index in [1.807, 2.05) is 12.1 Å². The van der Waals surface area contributed by atoms with Gasteiger partial charge in [0, 0.05) is 11.1 Å². The summed E-state index contributed by atoms with van der Waals surface area (Å²) in [5.74, 6) is 7.20. The first-order chi connectivity index (χ1) is 16.7. The third-order valence-corrected chi connectivity index (χ3v) is 7.00. The highest BCUT2D eigenvalue weighted by atomic mass is 32.1. The van der Waals surface area contributed by atoms with Crippen molar-refractivity contribution in [2.45, 2.75) is 44.9 Å². The molecule has 3 aromatic rings. The average molecular weight is 464 g/mol. The summed E-state index contributed by atoms with van der Waals surface area (Å²) in [6.07, 6.45) is 10.8. The van der Waals surface area contributed by atoms with Crippen molar-refractivity contribution in [3.05, 3.63) is 94.3 Å². The van der Waals surface area contributed by atoms with Crippen molar-refractivity contribution in [1.29, 1.82) is 0 Å². The van der Waals surface area contributed by atoms with Gasteiger partial charge in [-0.1, -0.05) is 73.9 Å². The highest BCUT2D eigenvalue weighted by molar-refractivity contribution is 7.78. The Balaban J connectivity index is 1.29. The third-order valence-electron chi connectivity index (χ3n) is 6.90. The Hall–Kier alpha value is -3.31. The zero-order chi connectivity index (χ0) is 23.3. The van der Waals surface area contributed by atoms with E-state index in [4.69, 9.17) is 0 Å². The summed E-state index contributed by atoms with van der Waals surface area (Å²) < 4.78 is 14.2. The number of aliphatic imine (C=N–C) groups is 1. The largest absolute Gasteiger partial charge is 0.205 e. The maximum Gasteiger partial charge on any atom is 0.150 e. The van der Waals surface area contributed by atoms with Gasteiger partial charge in [-0.25, -0.2) is 4.39 Å². The number of hydrogen-bond acceptors (Lipinski definition) is 2. The van der Waals surface area contributed by atoms with Crippen LogP contribution in [0.25, 0.3) is 17.2 Å². The number of fused-ring (bicyclic) bond motifs is 1. The molecule has 0 atom stereocenters. The van der Waals surface area contributed by atoms with E-state index in [2.05, 4.69) is 76.7 Å². The first-order valence-electron chi connectivity index (χ1n) is 12.0. The van der Waals surface area contributed by atoms with E-state index in [1.165, 1.54) is 54.9 Å². The zero-order valence-electron chi connectivity index (χ0n) is 19.1. The molecule has 0 radical (unpaired) electrons. The van der Waals surface area contributed by atoms with Crippen molar-refractivity contribution in [3.63, 3.8) is 0 Å². The third kappa shape index (κ3) is 5.26. The van der Waals surface area contributed by atoms with Gasteiger partial charge >= 0.3 is 0 Å². The minimum absolute atomic E-state index is 0.214. The fourth-order valence-electron chi connectivity index (χ4n) is 5.02. The number of isothiocyanates is 1. The van der Waals surface area contributed by atoms with Crippen molar-refractivity contribution in [1.82, 2.24) is 0 Å². The molecule has 0 spiro atoms. The number of halogens is 1. The molecule has 1 saturated carbocycles. The van der Waals surface area contributed by atoms with Crippen LogP contribution in [-0.4, -0.2) is 5.16 Å². The fraction of sp³-hybridized carbons (Fsp3) is 0.258. The summed E-state index contributed by atoms with van der Waals surface area (Å²) in [7, 11) is 0. The van der Waals surface area contributed by atoms with Crippen LogP contribution in [-0.2, 0) is 12.8 Å². The lowest BCUT2D eigenvalue weighted by Crippen LogP contribution is -1.99. The van der Waals surface area contributed by atoms with Gasteiger partial charge in [-0.05, 0) is 95.6 Å². The van der Waals surface area contributed by atoms with Gasteiger partial charge < -0.3 is 0 Å². The predicted molar refractivity (Wildman–Crippen MR) is 142 cm³/mol. The summed E-state index contributed by atoms with van der Waals surface area (Å²) >= 11 is 4.57. The first-order valence-corrected chi connectivity index (χ1v) is 12.4. The van der Waals surface area contributed by atoms with Gasteiger partial charge in [0.2, 0.25) is 0 Å². The van der Waals surface area contributed by atoms with Crippen LogP contribution in [0.2, 0.25) is 0 Å². The van der Waals surface area contributed by atoms with Gasteiger partial charge in [0.15, 0.2) is 0 Å². The second-order valence-electron chi connectivity index (χ2n) is 9.25. The Kier molecular flexibility index (Phi) is 6.82. The molecule has 0 saturated heterocycles. The van der Waals surface area contributed by atoms with Crippen LogP contribution in [0.15, 0.2) is 71.2 Å². The van der Waals surface area contributed by atoms with Crippen LogP contribution in [0.3, 0.4) is 0 Å². The fourth-order valence-corrected chi connectivity index (χ4v) is 5.12. The molecule has 1 fully saturated rings. The maximum absolute atomic E-state index is 14.2. The van der Waals surface area contributed by atoms with E-state index in [1.54, 1.807) is 6.07 Å². The summed E-state index contributed by atoms with van der Waals surface area (Å²) in [4.78, 5) is 3.75. The highest BCUT2D eigenvalue weighted by Gasteiger charge is 2.15. The topological polar surface area (TPSA) is 12.4 Å². The summed E-state index contributed by atoms with van der Waals surface area (Å²) in [5, 5.41) is 2.22. The van der Waals surface area contributed by atoms with Crippen LogP contribution in [0, 0.1) is 23.6 Å². The van der Waals surface area contributed by atoms with Gasteiger partial charge in [0.1, 0.15) is 11.5 Å². The molecule has 0 unspecified atom stereocenters. The second kappa shape index (κ2) is 10.3. The van der Waals surface area contributed by atoms with Crippen LogP contribution >= 0.6 is 12.2 Å². The lowest BCUT2D eigenvalue weighted by Gasteiger charge is -2.15. The molecule has 0 bridgehead atoms. The summed E-state index contributed by atoms with van der Waals surface area (Å²) in [6, 6.07) is 20.1. The molecular weight excluding hydrogens is 437 g/mol. The Morgan fingerprint density at radius 2 is 1.65 bits per heavy atom. The van der Waals surface area contributed by atoms with E-state index < -0.39 is 5.82 Å². The number of benzene rings is 3. The molecule has 168 valence electrons. The van der Waals surface area contributed by atoms with Crippen LogP contribution in [0.1, 0.15) is 54.4 Å². The first kappa shape index (κ1) is 22.5. The normalized spacial score (nSPS) is 15.0. The Labute approximate surface area is 206 Å². The Morgan fingerprint density at radius 1 is 0.882 bits per heavy atom. The van der Waals surface area contributed by atoms with Crippen LogP contribution in [0.5, 0.6) is 0 Å². The number of rotatable bonds is 4. The molecule has 2 aliphatic carbocycles. The lowest BCUT2D eigenvalue weighted by molar-refractivity contribution is 0.546.